The summed E-state index contributed by atoms with van der Waals surface area (Å²) in [6, 6.07) is 8.96. The lowest BCUT2D eigenvalue weighted by atomic mass is 10.1. The van der Waals surface area contributed by atoms with Crippen molar-refractivity contribution >= 4 is 17.5 Å². The van der Waals surface area contributed by atoms with E-state index in [0.29, 0.717) is 23.7 Å². The standard InChI is InChI=1S/C20H28N4O3/c1-13(2)11-24-15(4)18(14(3)23-24)22-20(27)19(26)21-17(12-25)10-16-8-6-5-7-9-16/h5-9,13,17,25H,10-12H2,1-4H3,(H,21,26)(H,22,27). The molecule has 1 heterocycles. The number of aryl methyl sites for hydroxylation is 1. The van der Waals surface area contributed by atoms with Gasteiger partial charge in [0.25, 0.3) is 0 Å². The minimum atomic E-state index is -0.777. The Labute approximate surface area is 159 Å². The van der Waals surface area contributed by atoms with Gasteiger partial charge in [0.1, 0.15) is 0 Å². The molecule has 0 saturated heterocycles. The molecule has 0 aliphatic heterocycles. The maximum Gasteiger partial charge on any atom is 0.313 e. The molecule has 2 rings (SSSR count). The molecule has 1 aromatic carbocycles. The van der Waals surface area contributed by atoms with Gasteiger partial charge in [0, 0.05) is 6.54 Å². The molecule has 27 heavy (non-hydrogen) atoms. The first-order valence-corrected chi connectivity index (χ1v) is 9.12. The van der Waals surface area contributed by atoms with E-state index >= 15 is 0 Å². The number of nitrogens with one attached hydrogen (secondary N) is 2. The van der Waals surface area contributed by atoms with Crippen LogP contribution in [-0.2, 0) is 22.6 Å². The van der Waals surface area contributed by atoms with Crippen LogP contribution < -0.4 is 10.6 Å². The van der Waals surface area contributed by atoms with Gasteiger partial charge in [-0.05, 0) is 31.7 Å². The molecular formula is C20H28N4O3. The molecule has 2 amide bonds. The molecule has 0 radical (unpaired) electrons. The highest BCUT2D eigenvalue weighted by Crippen LogP contribution is 2.20. The molecule has 7 nitrogen and oxygen atoms in total. The summed E-state index contributed by atoms with van der Waals surface area (Å²) < 4.78 is 1.83. The van der Waals surface area contributed by atoms with Crippen molar-refractivity contribution in [1.29, 1.82) is 0 Å². The van der Waals surface area contributed by atoms with Crippen molar-refractivity contribution in [2.24, 2.45) is 5.92 Å². The SMILES string of the molecule is Cc1nn(CC(C)C)c(C)c1NC(=O)C(=O)NC(CO)Cc1ccccc1. The Kier molecular flexibility index (Phi) is 7.12. The zero-order valence-electron chi connectivity index (χ0n) is 16.3. The fraction of sp³-hybridized carbons (Fsp3) is 0.450. The summed E-state index contributed by atoms with van der Waals surface area (Å²) in [4.78, 5) is 24.6. The van der Waals surface area contributed by atoms with Crippen LogP contribution in [0.5, 0.6) is 0 Å². The summed E-state index contributed by atoms with van der Waals surface area (Å²) in [5.74, 6) is -1.13. The second-order valence-corrected chi connectivity index (χ2v) is 7.12. The molecule has 1 unspecified atom stereocenters. The maximum absolute atomic E-state index is 12.3. The average Bonchev–Trinajstić information content (AvgIpc) is 2.88. The Morgan fingerprint density at radius 2 is 1.81 bits per heavy atom. The van der Waals surface area contributed by atoms with E-state index in [1.807, 2.05) is 41.9 Å². The first-order valence-electron chi connectivity index (χ1n) is 9.12. The summed E-state index contributed by atoms with van der Waals surface area (Å²) in [6.45, 7) is 8.32. The predicted molar refractivity (Wildman–Crippen MR) is 104 cm³/mol. The van der Waals surface area contributed by atoms with Gasteiger partial charge < -0.3 is 15.7 Å². The third kappa shape index (κ3) is 5.65. The maximum atomic E-state index is 12.3. The quantitative estimate of drug-likeness (QED) is 0.646. The highest BCUT2D eigenvalue weighted by Gasteiger charge is 2.22. The van der Waals surface area contributed by atoms with Crippen LogP contribution in [0, 0.1) is 19.8 Å². The highest BCUT2D eigenvalue weighted by molar-refractivity contribution is 6.39. The third-order valence-electron chi connectivity index (χ3n) is 4.24. The molecule has 0 aliphatic rings. The minimum absolute atomic E-state index is 0.252. The average molecular weight is 372 g/mol. The summed E-state index contributed by atoms with van der Waals surface area (Å²) in [5.41, 5.74) is 3.00. The number of aromatic nitrogens is 2. The van der Waals surface area contributed by atoms with Crippen molar-refractivity contribution in [1.82, 2.24) is 15.1 Å². The number of hydrogen-bond donors (Lipinski definition) is 3. The Hall–Kier alpha value is -2.67. The van der Waals surface area contributed by atoms with Gasteiger partial charge in [-0.25, -0.2) is 0 Å². The number of carbonyl (C=O) groups is 2. The van der Waals surface area contributed by atoms with Crippen molar-refractivity contribution in [3.63, 3.8) is 0 Å². The number of aliphatic hydroxyl groups excluding tert-OH is 1. The molecule has 3 N–H and O–H groups in total. The van der Waals surface area contributed by atoms with E-state index in [4.69, 9.17) is 0 Å². The normalized spacial score (nSPS) is 12.1. The van der Waals surface area contributed by atoms with E-state index in [1.165, 1.54) is 0 Å². The van der Waals surface area contributed by atoms with Crippen molar-refractivity contribution in [2.75, 3.05) is 11.9 Å². The number of hydrogen-bond acceptors (Lipinski definition) is 4. The molecule has 0 spiro atoms. The van der Waals surface area contributed by atoms with Crippen LogP contribution in [-0.4, -0.2) is 39.4 Å². The van der Waals surface area contributed by atoms with Gasteiger partial charge in [0.15, 0.2) is 0 Å². The lowest BCUT2D eigenvalue weighted by molar-refractivity contribution is -0.136. The van der Waals surface area contributed by atoms with Crippen LogP contribution in [0.2, 0.25) is 0 Å². The lowest BCUT2D eigenvalue weighted by Gasteiger charge is -2.16. The smallest absolute Gasteiger partial charge is 0.313 e. The minimum Gasteiger partial charge on any atom is -0.394 e. The number of nitrogens with zero attached hydrogens (tertiary/aromatic N) is 2. The first kappa shape index (κ1) is 20.6. The monoisotopic (exact) mass is 372 g/mol. The fourth-order valence-corrected chi connectivity index (χ4v) is 2.88. The second kappa shape index (κ2) is 9.32. The number of anilines is 1. The Balaban J connectivity index is 2.01. The van der Waals surface area contributed by atoms with E-state index < -0.39 is 17.9 Å². The van der Waals surface area contributed by atoms with Crippen LogP contribution in [0.3, 0.4) is 0 Å². The fourth-order valence-electron chi connectivity index (χ4n) is 2.88. The zero-order valence-corrected chi connectivity index (χ0v) is 16.3. The lowest BCUT2D eigenvalue weighted by Crippen LogP contribution is -2.44. The molecule has 1 atom stereocenters. The highest BCUT2D eigenvalue weighted by atomic mass is 16.3. The summed E-state index contributed by atoms with van der Waals surface area (Å²) in [7, 11) is 0. The summed E-state index contributed by atoms with van der Waals surface area (Å²) >= 11 is 0. The van der Waals surface area contributed by atoms with Crippen LogP contribution >= 0.6 is 0 Å². The molecule has 0 fully saturated rings. The van der Waals surface area contributed by atoms with Gasteiger partial charge in [0.05, 0.1) is 29.7 Å². The molecule has 7 heteroatoms. The van der Waals surface area contributed by atoms with Gasteiger partial charge in [-0.2, -0.15) is 5.10 Å². The Morgan fingerprint density at radius 3 is 2.41 bits per heavy atom. The molecule has 2 aromatic rings. The van der Waals surface area contributed by atoms with Gasteiger partial charge in [-0.3, -0.25) is 14.3 Å². The van der Waals surface area contributed by atoms with Crippen molar-refractivity contribution in [2.45, 2.75) is 46.7 Å². The van der Waals surface area contributed by atoms with E-state index in [1.54, 1.807) is 6.92 Å². The van der Waals surface area contributed by atoms with Gasteiger partial charge >= 0.3 is 11.8 Å². The first-order chi connectivity index (χ1) is 12.8. The predicted octanol–water partition coefficient (Wildman–Crippen LogP) is 1.81. The topological polar surface area (TPSA) is 96.2 Å². The largest absolute Gasteiger partial charge is 0.394 e. The van der Waals surface area contributed by atoms with Gasteiger partial charge in [0.2, 0.25) is 0 Å². The zero-order chi connectivity index (χ0) is 20.0. The third-order valence-corrected chi connectivity index (χ3v) is 4.24. The molecular weight excluding hydrogens is 344 g/mol. The van der Waals surface area contributed by atoms with Crippen molar-refractivity contribution in [3.8, 4) is 0 Å². The van der Waals surface area contributed by atoms with Crippen molar-refractivity contribution in [3.05, 3.63) is 47.3 Å². The summed E-state index contributed by atoms with van der Waals surface area (Å²) in [5, 5.41) is 19.2. The second-order valence-electron chi connectivity index (χ2n) is 7.12. The van der Waals surface area contributed by atoms with Gasteiger partial charge in [-0.1, -0.05) is 44.2 Å². The number of amides is 2. The Bertz CT molecular complexity index is 784. The Morgan fingerprint density at radius 1 is 1.15 bits per heavy atom. The van der Waals surface area contributed by atoms with E-state index in [9.17, 15) is 14.7 Å². The van der Waals surface area contributed by atoms with Crippen LogP contribution in [0.1, 0.15) is 30.8 Å². The number of rotatable bonds is 7. The molecule has 0 saturated carbocycles. The van der Waals surface area contributed by atoms with E-state index in [-0.39, 0.29) is 6.61 Å². The van der Waals surface area contributed by atoms with E-state index in [0.717, 1.165) is 17.8 Å². The van der Waals surface area contributed by atoms with Crippen LogP contribution in [0.15, 0.2) is 30.3 Å². The van der Waals surface area contributed by atoms with Crippen LogP contribution in [0.4, 0.5) is 5.69 Å². The number of aliphatic hydroxyl groups is 1. The van der Waals surface area contributed by atoms with Crippen LogP contribution in [0.25, 0.3) is 0 Å². The van der Waals surface area contributed by atoms with E-state index in [2.05, 4.69) is 29.6 Å². The van der Waals surface area contributed by atoms with Crippen molar-refractivity contribution < 1.29 is 14.7 Å². The summed E-state index contributed by atoms with van der Waals surface area (Å²) in [6.07, 6.45) is 0.445. The van der Waals surface area contributed by atoms with Gasteiger partial charge in [-0.15, -0.1) is 0 Å². The molecule has 146 valence electrons. The molecule has 1 aromatic heterocycles. The number of benzene rings is 1. The molecule has 0 aliphatic carbocycles. The molecule has 0 bridgehead atoms. The number of carbonyl (C=O) groups excluding carboxylic acids is 2.